The van der Waals surface area contributed by atoms with Crippen LogP contribution in [-0.2, 0) is 43.2 Å². The molecule has 1 aliphatic rings. The second-order valence-corrected chi connectivity index (χ2v) is 16.1. The zero-order valence-electron chi connectivity index (χ0n) is 37.0. The molecule has 0 aromatic rings. The Kier molecular flexibility index (Phi) is 25.4. The number of amides is 8. The number of likely N-dealkylation sites (tertiary alicyclic amines) is 1. The lowest BCUT2D eigenvalue weighted by molar-refractivity contribution is -0.142. The van der Waals surface area contributed by atoms with Crippen molar-refractivity contribution in [1.82, 2.24) is 42.1 Å². The number of carbonyl (C=O) groups excluding carboxylic acids is 8. The lowest BCUT2D eigenvalue weighted by atomic mass is 10.0. The molecule has 24 heteroatoms. The third-order valence-electron chi connectivity index (χ3n) is 10.4. The fraction of sp³-hybridized carbons (Fsp3) is 0.744. The zero-order chi connectivity index (χ0) is 47.8. The van der Waals surface area contributed by atoms with Crippen LogP contribution < -0.4 is 65.9 Å². The van der Waals surface area contributed by atoms with Crippen LogP contribution in [0.2, 0.25) is 0 Å². The fourth-order valence-corrected chi connectivity index (χ4v) is 6.65. The predicted molar refractivity (Wildman–Crippen MR) is 232 cm³/mol. The molecule has 0 saturated carbocycles. The van der Waals surface area contributed by atoms with Gasteiger partial charge in [0, 0.05) is 19.5 Å². The molecule has 8 amide bonds. The van der Waals surface area contributed by atoms with E-state index >= 15 is 0 Å². The van der Waals surface area contributed by atoms with E-state index in [0.29, 0.717) is 64.6 Å². The highest BCUT2D eigenvalue weighted by atomic mass is 16.4. The van der Waals surface area contributed by atoms with E-state index in [0.717, 1.165) is 0 Å². The first-order valence-electron chi connectivity index (χ1n) is 21.5. The molecule has 1 saturated heterocycles. The first-order chi connectivity index (χ1) is 29.6. The molecule has 1 aliphatic heterocycles. The number of carbonyl (C=O) groups is 9. The molecule has 1 rings (SSSR count). The van der Waals surface area contributed by atoms with Crippen molar-refractivity contribution >= 4 is 59.2 Å². The van der Waals surface area contributed by atoms with E-state index in [2.05, 4.69) is 37.2 Å². The highest BCUT2D eigenvalue weighted by Crippen LogP contribution is 2.20. The topological polar surface area (TPSA) is 415 Å². The van der Waals surface area contributed by atoms with Gasteiger partial charge in [0.05, 0.1) is 6.04 Å². The van der Waals surface area contributed by atoms with E-state index < -0.39 is 102 Å². The number of guanidine groups is 1. The van der Waals surface area contributed by atoms with Gasteiger partial charge in [-0.05, 0) is 97.1 Å². The highest BCUT2D eigenvalue weighted by Gasteiger charge is 2.38. The molecule has 0 spiro atoms. The second-order valence-electron chi connectivity index (χ2n) is 16.1. The summed E-state index contributed by atoms with van der Waals surface area (Å²) in [6.45, 7) is 7.17. The van der Waals surface area contributed by atoms with Crippen LogP contribution in [0.1, 0.15) is 105 Å². The Morgan fingerprint density at radius 3 is 1.75 bits per heavy atom. The molecule has 0 unspecified atom stereocenters. The number of nitrogens with one attached hydrogen (secondary N) is 8. The van der Waals surface area contributed by atoms with Gasteiger partial charge in [0.25, 0.3) is 0 Å². The second kappa shape index (κ2) is 28.9. The van der Waals surface area contributed by atoms with Gasteiger partial charge in [-0.1, -0.05) is 20.3 Å². The molecular formula is C39H72N14O10. The quantitative estimate of drug-likeness (QED) is 0.0185. The van der Waals surface area contributed by atoms with Gasteiger partial charge < -0.3 is 75.9 Å². The number of rotatable bonds is 30. The van der Waals surface area contributed by atoms with Crippen LogP contribution in [0, 0.1) is 11.3 Å². The molecule has 24 nitrogen and oxygen atoms in total. The number of nitrogens with zero attached hydrogens (tertiary/aromatic N) is 1. The van der Waals surface area contributed by atoms with Crippen molar-refractivity contribution in [2.24, 2.45) is 34.6 Å². The summed E-state index contributed by atoms with van der Waals surface area (Å²) in [5, 5.41) is 34.7. The Labute approximate surface area is 368 Å². The molecular weight excluding hydrogens is 825 g/mol. The normalized spacial score (nSPS) is 16.8. The van der Waals surface area contributed by atoms with Crippen molar-refractivity contribution in [3.8, 4) is 0 Å². The summed E-state index contributed by atoms with van der Waals surface area (Å²) >= 11 is 0. The van der Waals surface area contributed by atoms with Gasteiger partial charge in [-0.2, -0.15) is 0 Å². The van der Waals surface area contributed by atoms with Crippen molar-refractivity contribution in [3.63, 3.8) is 0 Å². The van der Waals surface area contributed by atoms with Crippen molar-refractivity contribution in [2.45, 2.75) is 153 Å². The van der Waals surface area contributed by atoms with Crippen LogP contribution in [0.3, 0.4) is 0 Å². The number of hydrogen-bond acceptors (Lipinski definition) is 13. The molecule has 1 fully saturated rings. The molecule has 8 atom stereocenters. The smallest absolute Gasteiger partial charge is 0.326 e. The summed E-state index contributed by atoms with van der Waals surface area (Å²) < 4.78 is 0. The first-order valence-corrected chi connectivity index (χ1v) is 21.5. The maximum Gasteiger partial charge on any atom is 0.326 e. The van der Waals surface area contributed by atoms with Gasteiger partial charge >= 0.3 is 5.97 Å². The van der Waals surface area contributed by atoms with Crippen LogP contribution >= 0.6 is 0 Å². The molecule has 0 aromatic carbocycles. The van der Waals surface area contributed by atoms with Crippen LogP contribution in [0.5, 0.6) is 0 Å². The lowest BCUT2D eigenvalue weighted by Gasteiger charge is -2.29. The summed E-state index contributed by atoms with van der Waals surface area (Å²) in [6.07, 6.45) is 3.39. The molecule has 0 radical (unpaired) electrons. The van der Waals surface area contributed by atoms with Crippen LogP contribution in [0.25, 0.3) is 0 Å². The Morgan fingerprint density at radius 2 is 1.19 bits per heavy atom. The maximum absolute atomic E-state index is 14.0. The van der Waals surface area contributed by atoms with Gasteiger partial charge in [-0.25, -0.2) is 4.79 Å². The Bertz CT molecular complexity index is 1580. The molecule has 358 valence electrons. The van der Waals surface area contributed by atoms with E-state index in [1.165, 1.54) is 18.7 Å². The standard InChI is InChI=1S/C39H72N14O10/c1-21(2)30(36(60)48-22(3)31(55)47-23(4)32(56)51-27(38(62)63)15-16-29(43)54)52-34(58)25(12-6-8-18-41)49-33(57)26(13-9-19-46-39(44)45)50-35(59)28-14-10-20-53(28)37(61)24(42)11-5-7-17-40/h21-28,30H,5-20,40-42H2,1-4H3,(H2,43,54)(H,47,55)(H,48,60)(H,49,57)(H,50,59)(H,51,56)(H,52,58)(H,62,63)(H4,44,45,46)/t22-,23-,24+,25-,26-,27-,28-,30-/m0/s1. The average molecular weight is 897 g/mol. The summed E-state index contributed by atoms with van der Waals surface area (Å²) in [5.74, 6) is -7.84. The number of carboxylic acids is 1. The number of primary amides is 1. The summed E-state index contributed by atoms with van der Waals surface area (Å²) in [5.41, 5.74) is 27.9. The highest BCUT2D eigenvalue weighted by molar-refractivity contribution is 5.97. The molecule has 19 N–H and O–H groups in total. The molecule has 0 bridgehead atoms. The molecule has 0 aromatic heterocycles. The van der Waals surface area contributed by atoms with Crippen molar-refractivity contribution < 1.29 is 48.3 Å². The number of unbranched alkanes of at least 4 members (excludes halogenated alkanes) is 2. The number of carboxylic acid groups (broad SMARTS) is 1. The Hall–Kier alpha value is -5.62. The van der Waals surface area contributed by atoms with Crippen LogP contribution in [-0.4, -0.2) is 144 Å². The largest absolute Gasteiger partial charge is 0.480 e. The number of aliphatic carboxylic acids is 1. The molecule has 63 heavy (non-hydrogen) atoms. The summed E-state index contributed by atoms with van der Waals surface area (Å²) in [6, 6.07) is -9.25. The summed E-state index contributed by atoms with van der Waals surface area (Å²) in [7, 11) is 0. The van der Waals surface area contributed by atoms with E-state index in [1.807, 2.05) is 0 Å². The maximum atomic E-state index is 14.0. The Balaban J connectivity index is 3.16. The predicted octanol–water partition coefficient (Wildman–Crippen LogP) is -4.22. The molecule has 1 heterocycles. The van der Waals surface area contributed by atoms with E-state index in [1.54, 1.807) is 13.8 Å². The SMILES string of the molecule is CC(C)[C@H](NC(=O)[C@H](CCCCN)NC(=O)[C@H](CCCNC(=N)N)NC(=O)[C@@H]1CCCN1C(=O)[C@H](N)CCCCN)C(=O)N[C@@H](C)C(=O)N[C@@H](C)C(=O)N[C@@H](CCC(N)=O)C(=O)O. The van der Waals surface area contributed by atoms with Crippen molar-refractivity contribution in [2.75, 3.05) is 26.2 Å². The minimum Gasteiger partial charge on any atom is -0.480 e. The van der Waals surface area contributed by atoms with Crippen LogP contribution in [0.15, 0.2) is 0 Å². The van der Waals surface area contributed by atoms with E-state index in [-0.39, 0.29) is 50.5 Å². The molecule has 0 aliphatic carbocycles. The third kappa shape index (κ3) is 20.4. The van der Waals surface area contributed by atoms with E-state index in [4.69, 9.17) is 34.1 Å². The van der Waals surface area contributed by atoms with Gasteiger partial charge in [-0.3, -0.25) is 43.8 Å². The number of nitrogens with two attached hydrogens (primary N) is 5. The average Bonchev–Trinajstić information content (AvgIpc) is 3.71. The van der Waals surface area contributed by atoms with E-state index in [9.17, 15) is 48.3 Å². The van der Waals surface area contributed by atoms with Crippen molar-refractivity contribution in [1.29, 1.82) is 5.41 Å². The monoisotopic (exact) mass is 897 g/mol. The third-order valence-corrected chi connectivity index (χ3v) is 10.4. The fourth-order valence-electron chi connectivity index (χ4n) is 6.65. The minimum absolute atomic E-state index is 0.0565. The van der Waals surface area contributed by atoms with Crippen molar-refractivity contribution in [3.05, 3.63) is 0 Å². The zero-order valence-corrected chi connectivity index (χ0v) is 37.0. The number of hydrogen-bond donors (Lipinski definition) is 14. The first kappa shape index (κ1) is 55.4. The Morgan fingerprint density at radius 1 is 0.667 bits per heavy atom. The van der Waals surface area contributed by atoms with Gasteiger partial charge in [-0.15, -0.1) is 0 Å². The van der Waals surface area contributed by atoms with Gasteiger partial charge in [0.1, 0.15) is 42.3 Å². The summed E-state index contributed by atoms with van der Waals surface area (Å²) in [4.78, 5) is 118. The van der Waals surface area contributed by atoms with Gasteiger partial charge in [0.2, 0.25) is 47.3 Å². The minimum atomic E-state index is -1.44. The van der Waals surface area contributed by atoms with Crippen LogP contribution in [0.4, 0.5) is 0 Å². The van der Waals surface area contributed by atoms with Gasteiger partial charge in [0.15, 0.2) is 5.96 Å². The lowest BCUT2D eigenvalue weighted by Crippen LogP contribution is -2.60.